The third-order valence-corrected chi connectivity index (χ3v) is 4.80. The van der Waals surface area contributed by atoms with Crippen LogP contribution >= 0.6 is 0 Å². The fourth-order valence-electron chi connectivity index (χ4n) is 3.39. The minimum absolute atomic E-state index is 0.0875. The molecule has 1 aliphatic rings. The molecule has 1 aliphatic heterocycles. The number of carboxylic acid groups (broad SMARTS) is 1. The Morgan fingerprint density at radius 1 is 1.23 bits per heavy atom. The van der Waals surface area contributed by atoms with E-state index < -0.39 is 5.97 Å². The molecule has 0 spiro atoms. The molecule has 2 heterocycles. The first-order chi connectivity index (χ1) is 12.6. The van der Waals surface area contributed by atoms with Crippen LogP contribution < -0.4 is 0 Å². The number of aliphatic carboxylic acids is 1. The first-order valence-corrected chi connectivity index (χ1v) is 9.11. The Bertz CT molecular complexity index is 741. The summed E-state index contributed by atoms with van der Waals surface area (Å²) in [5.74, 6) is 0.877. The van der Waals surface area contributed by atoms with Crippen LogP contribution in [-0.2, 0) is 16.0 Å². The third kappa shape index (κ3) is 4.94. The van der Waals surface area contributed by atoms with E-state index in [-0.39, 0.29) is 18.2 Å². The highest BCUT2D eigenvalue weighted by Crippen LogP contribution is 2.23. The summed E-state index contributed by atoms with van der Waals surface area (Å²) < 4.78 is 5.75. The third-order valence-electron chi connectivity index (χ3n) is 4.80. The first-order valence-electron chi connectivity index (χ1n) is 9.11. The van der Waals surface area contributed by atoms with Gasteiger partial charge in [-0.25, -0.2) is 4.98 Å². The van der Waals surface area contributed by atoms with Crippen molar-refractivity contribution in [3.05, 3.63) is 42.4 Å². The topological polar surface area (TPSA) is 83.6 Å². The monoisotopic (exact) mass is 356 g/mol. The van der Waals surface area contributed by atoms with Gasteiger partial charge in [-0.05, 0) is 25.2 Å². The van der Waals surface area contributed by atoms with Crippen molar-refractivity contribution in [2.45, 2.75) is 38.5 Å². The van der Waals surface area contributed by atoms with E-state index >= 15 is 0 Å². The standard InChI is InChI=1S/C20H24N2O4/c23-19(22-12-4-5-15(14-22)8-11-20(24)25)10-9-18-21-13-17(26-18)16-6-2-1-3-7-16/h1-3,6-7,13,15H,4-5,8-12,14H2,(H,24,25)/t15-/m1/s1. The van der Waals surface area contributed by atoms with Crippen molar-refractivity contribution < 1.29 is 19.1 Å². The summed E-state index contributed by atoms with van der Waals surface area (Å²) in [5, 5.41) is 8.82. The fourth-order valence-corrected chi connectivity index (χ4v) is 3.39. The second-order valence-corrected chi connectivity index (χ2v) is 6.76. The van der Waals surface area contributed by atoms with Crippen LogP contribution in [0, 0.1) is 5.92 Å². The van der Waals surface area contributed by atoms with E-state index in [0.717, 1.165) is 24.9 Å². The van der Waals surface area contributed by atoms with Crippen molar-refractivity contribution in [2.75, 3.05) is 13.1 Å². The molecule has 6 heteroatoms. The number of carbonyl (C=O) groups is 2. The normalized spacial score (nSPS) is 17.2. The van der Waals surface area contributed by atoms with E-state index in [1.54, 1.807) is 6.20 Å². The average Bonchev–Trinajstić information content (AvgIpc) is 3.14. The van der Waals surface area contributed by atoms with E-state index in [1.165, 1.54) is 0 Å². The predicted molar refractivity (Wildman–Crippen MR) is 96.4 cm³/mol. The number of hydrogen-bond donors (Lipinski definition) is 1. The highest BCUT2D eigenvalue weighted by atomic mass is 16.4. The molecule has 1 aromatic heterocycles. The van der Waals surface area contributed by atoms with Crippen molar-refractivity contribution in [3.8, 4) is 11.3 Å². The van der Waals surface area contributed by atoms with Gasteiger partial charge in [-0.1, -0.05) is 30.3 Å². The number of carboxylic acids is 1. The number of amides is 1. The van der Waals surface area contributed by atoms with Crippen LogP contribution in [-0.4, -0.2) is 40.0 Å². The number of oxazole rings is 1. The maximum atomic E-state index is 12.5. The SMILES string of the molecule is O=C(O)CC[C@H]1CCCN(C(=O)CCc2ncc(-c3ccccc3)o2)C1. The van der Waals surface area contributed by atoms with E-state index in [1.807, 2.05) is 35.2 Å². The van der Waals surface area contributed by atoms with Gasteiger partial charge in [0.25, 0.3) is 0 Å². The van der Waals surface area contributed by atoms with Crippen molar-refractivity contribution in [3.63, 3.8) is 0 Å². The van der Waals surface area contributed by atoms with Crippen LogP contribution in [0.1, 0.15) is 38.0 Å². The maximum absolute atomic E-state index is 12.5. The Kier molecular flexibility index (Phi) is 6.04. The van der Waals surface area contributed by atoms with Gasteiger partial charge in [0, 0.05) is 37.9 Å². The summed E-state index contributed by atoms with van der Waals surface area (Å²) in [5.41, 5.74) is 0.967. The van der Waals surface area contributed by atoms with Gasteiger partial charge >= 0.3 is 5.97 Å². The van der Waals surface area contributed by atoms with E-state index in [2.05, 4.69) is 4.98 Å². The molecule has 1 amide bonds. The van der Waals surface area contributed by atoms with Crippen LogP contribution in [0.2, 0.25) is 0 Å². The lowest BCUT2D eigenvalue weighted by atomic mass is 9.93. The summed E-state index contributed by atoms with van der Waals surface area (Å²) in [6.07, 6.45) is 5.27. The fraction of sp³-hybridized carbons (Fsp3) is 0.450. The summed E-state index contributed by atoms with van der Waals surface area (Å²) in [6, 6.07) is 9.75. The number of aromatic nitrogens is 1. The molecule has 0 aliphatic carbocycles. The van der Waals surface area contributed by atoms with E-state index in [0.29, 0.717) is 37.5 Å². The molecule has 1 aromatic carbocycles. The minimum Gasteiger partial charge on any atom is -0.481 e. The number of carbonyl (C=O) groups excluding carboxylic acids is 1. The summed E-state index contributed by atoms with van der Waals surface area (Å²) in [4.78, 5) is 29.3. The molecule has 6 nitrogen and oxygen atoms in total. The zero-order valence-electron chi connectivity index (χ0n) is 14.8. The van der Waals surface area contributed by atoms with Gasteiger partial charge < -0.3 is 14.4 Å². The lowest BCUT2D eigenvalue weighted by molar-refractivity contribution is -0.137. The van der Waals surface area contributed by atoms with Crippen molar-refractivity contribution in [2.24, 2.45) is 5.92 Å². The van der Waals surface area contributed by atoms with Gasteiger partial charge in [0.1, 0.15) is 0 Å². The quantitative estimate of drug-likeness (QED) is 0.822. The van der Waals surface area contributed by atoms with Gasteiger partial charge in [0.15, 0.2) is 11.7 Å². The molecular weight excluding hydrogens is 332 g/mol. The Balaban J connectivity index is 1.49. The molecule has 0 bridgehead atoms. The summed E-state index contributed by atoms with van der Waals surface area (Å²) in [6.45, 7) is 1.41. The maximum Gasteiger partial charge on any atom is 0.303 e. The molecule has 138 valence electrons. The number of rotatable bonds is 7. The van der Waals surface area contributed by atoms with Crippen LogP contribution in [0.15, 0.2) is 40.9 Å². The Hall–Kier alpha value is -2.63. The Morgan fingerprint density at radius 2 is 2.04 bits per heavy atom. The molecular formula is C20H24N2O4. The van der Waals surface area contributed by atoms with Crippen LogP contribution in [0.5, 0.6) is 0 Å². The lowest BCUT2D eigenvalue weighted by Gasteiger charge is -2.32. The highest BCUT2D eigenvalue weighted by molar-refractivity contribution is 5.76. The van der Waals surface area contributed by atoms with Crippen molar-refractivity contribution in [1.29, 1.82) is 0 Å². The lowest BCUT2D eigenvalue weighted by Crippen LogP contribution is -2.40. The van der Waals surface area contributed by atoms with Gasteiger partial charge in [-0.15, -0.1) is 0 Å². The summed E-state index contributed by atoms with van der Waals surface area (Å²) in [7, 11) is 0. The van der Waals surface area contributed by atoms with Gasteiger partial charge in [-0.3, -0.25) is 9.59 Å². The second-order valence-electron chi connectivity index (χ2n) is 6.76. The second kappa shape index (κ2) is 8.65. The number of aryl methyl sites for hydroxylation is 1. The molecule has 1 saturated heterocycles. The minimum atomic E-state index is -0.772. The number of benzene rings is 1. The molecule has 0 radical (unpaired) electrons. The first kappa shape index (κ1) is 18.2. The largest absolute Gasteiger partial charge is 0.481 e. The van der Waals surface area contributed by atoms with Gasteiger partial charge in [-0.2, -0.15) is 0 Å². The van der Waals surface area contributed by atoms with E-state index in [4.69, 9.17) is 9.52 Å². The molecule has 26 heavy (non-hydrogen) atoms. The van der Waals surface area contributed by atoms with Crippen LogP contribution in [0.3, 0.4) is 0 Å². The average molecular weight is 356 g/mol. The Morgan fingerprint density at radius 3 is 2.81 bits per heavy atom. The van der Waals surface area contributed by atoms with Crippen LogP contribution in [0.25, 0.3) is 11.3 Å². The summed E-state index contributed by atoms with van der Waals surface area (Å²) >= 11 is 0. The molecule has 0 saturated carbocycles. The molecule has 1 fully saturated rings. The molecule has 0 unspecified atom stereocenters. The molecule has 2 aromatic rings. The van der Waals surface area contributed by atoms with Crippen molar-refractivity contribution >= 4 is 11.9 Å². The number of hydrogen-bond acceptors (Lipinski definition) is 4. The Labute approximate surface area is 152 Å². The molecule has 1 atom stereocenters. The van der Waals surface area contributed by atoms with Gasteiger partial charge in [0.05, 0.1) is 6.20 Å². The van der Waals surface area contributed by atoms with Crippen molar-refractivity contribution in [1.82, 2.24) is 9.88 Å². The van der Waals surface area contributed by atoms with E-state index in [9.17, 15) is 9.59 Å². The highest BCUT2D eigenvalue weighted by Gasteiger charge is 2.24. The predicted octanol–water partition coefficient (Wildman–Crippen LogP) is 3.38. The zero-order valence-corrected chi connectivity index (χ0v) is 14.8. The number of nitrogens with zero attached hydrogens (tertiary/aromatic N) is 2. The zero-order chi connectivity index (χ0) is 18.4. The van der Waals surface area contributed by atoms with Gasteiger partial charge in [0.2, 0.25) is 5.91 Å². The molecule has 3 rings (SSSR count). The number of piperidine rings is 1. The van der Waals surface area contributed by atoms with Crippen LogP contribution in [0.4, 0.5) is 0 Å². The smallest absolute Gasteiger partial charge is 0.303 e. The molecule has 1 N–H and O–H groups in total. The number of likely N-dealkylation sites (tertiary alicyclic amines) is 1.